The highest BCUT2D eigenvalue weighted by molar-refractivity contribution is 6.40. The number of halogens is 2. The summed E-state index contributed by atoms with van der Waals surface area (Å²) in [6.45, 7) is 1.98. The van der Waals surface area contributed by atoms with Gasteiger partial charge in [-0.05, 0) is 31.2 Å². The Labute approximate surface area is 183 Å². The van der Waals surface area contributed by atoms with Crippen LogP contribution in [0.15, 0.2) is 66.7 Å². The van der Waals surface area contributed by atoms with Crippen LogP contribution in [0, 0.1) is 6.92 Å². The number of aryl methyl sites for hydroxylation is 1. The number of nitrogens with zero attached hydrogens (tertiary/aromatic N) is 2. The Morgan fingerprint density at radius 3 is 2.30 bits per heavy atom. The lowest BCUT2D eigenvalue weighted by Gasteiger charge is -2.10. The molecule has 7 heteroatoms. The van der Waals surface area contributed by atoms with Crippen molar-refractivity contribution in [2.75, 3.05) is 5.32 Å². The standard InChI is InChI=1S/C23H17Cl2N3O2/c1-14-26-22-18(27-23(30)21-16(24)9-5-10-17(21)25)11-6-12-19(22)28(14)13-20(29)15-7-3-2-4-8-15/h2-12H,13H2,1H3,(H,27,30). The number of Topliss-reactive ketones (excluding diaryl/α,β-unsaturated/α-hetero) is 1. The SMILES string of the molecule is Cc1nc2c(NC(=O)c3c(Cl)cccc3Cl)cccc2n1CC(=O)c1ccccc1. The summed E-state index contributed by atoms with van der Waals surface area (Å²) < 4.78 is 1.84. The summed E-state index contributed by atoms with van der Waals surface area (Å²) in [4.78, 5) is 30.0. The number of anilines is 1. The second kappa shape index (κ2) is 8.30. The van der Waals surface area contributed by atoms with E-state index in [0.29, 0.717) is 22.6 Å². The predicted molar refractivity (Wildman–Crippen MR) is 120 cm³/mol. The lowest BCUT2D eigenvalue weighted by molar-refractivity contribution is 0.0971. The van der Waals surface area contributed by atoms with Crippen LogP contribution in [0.1, 0.15) is 26.5 Å². The second-order valence-electron chi connectivity index (χ2n) is 6.76. The fourth-order valence-electron chi connectivity index (χ4n) is 3.32. The van der Waals surface area contributed by atoms with Gasteiger partial charge in [-0.2, -0.15) is 0 Å². The molecule has 0 bridgehead atoms. The molecule has 4 rings (SSSR count). The summed E-state index contributed by atoms with van der Waals surface area (Å²) in [6.07, 6.45) is 0. The van der Waals surface area contributed by atoms with Crippen molar-refractivity contribution in [2.45, 2.75) is 13.5 Å². The smallest absolute Gasteiger partial charge is 0.258 e. The molecule has 0 fully saturated rings. The summed E-state index contributed by atoms with van der Waals surface area (Å²) in [7, 11) is 0. The third kappa shape index (κ3) is 3.82. The van der Waals surface area contributed by atoms with Crippen LogP contribution < -0.4 is 5.32 Å². The molecule has 0 aliphatic heterocycles. The largest absolute Gasteiger partial charge is 0.320 e. The van der Waals surface area contributed by atoms with E-state index in [4.69, 9.17) is 23.2 Å². The Kier molecular flexibility index (Phi) is 5.57. The molecule has 1 aromatic heterocycles. The van der Waals surface area contributed by atoms with Crippen molar-refractivity contribution in [2.24, 2.45) is 0 Å². The van der Waals surface area contributed by atoms with E-state index in [-0.39, 0.29) is 27.9 Å². The van der Waals surface area contributed by atoms with E-state index in [2.05, 4.69) is 10.3 Å². The fraction of sp³-hybridized carbons (Fsp3) is 0.0870. The zero-order chi connectivity index (χ0) is 21.3. The first kappa shape index (κ1) is 20.1. The summed E-state index contributed by atoms with van der Waals surface area (Å²) in [5.41, 5.74) is 2.69. The summed E-state index contributed by atoms with van der Waals surface area (Å²) in [5.74, 6) is 0.229. The first-order chi connectivity index (χ1) is 14.5. The number of para-hydroxylation sites is 1. The normalized spacial score (nSPS) is 10.9. The zero-order valence-corrected chi connectivity index (χ0v) is 17.5. The van der Waals surface area contributed by atoms with Gasteiger partial charge in [-0.3, -0.25) is 9.59 Å². The molecule has 30 heavy (non-hydrogen) atoms. The molecule has 150 valence electrons. The van der Waals surface area contributed by atoms with E-state index in [0.717, 1.165) is 5.52 Å². The number of ketones is 1. The van der Waals surface area contributed by atoms with Crippen molar-refractivity contribution in [1.29, 1.82) is 0 Å². The molecule has 0 radical (unpaired) electrons. The van der Waals surface area contributed by atoms with Crippen LogP contribution in [0.5, 0.6) is 0 Å². The molecule has 1 amide bonds. The zero-order valence-electron chi connectivity index (χ0n) is 16.0. The summed E-state index contributed by atoms with van der Waals surface area (Å²) in [6, 6.07) is 19.4. The van der Waals surface area contributed by atoms with Gasteiger partial charge in [0, 0.05) is 5.56 Å². The topological polar surface area (TPSA) is 64.0 Å². The molecular weight excluding hydrogens is 421 g/mol. The molecule has 5 nitrogen and oxygen atoms in total. The highest BCUT2D eigenvalue weighted by Crippen LogP contribution is 2.28. The first-order valence-corrected chi connectivity index (χ1v) is 10.0. The molecule has 1 heterocycles. The second-order valence-corrected chi connectivity index (χ2v) is 7.57. The van der Waals surface area contributed by atoms with Gasteiger partial charge in [0.15, 0.2) is 5.78 Å². The van der Waals surface area contributed by atoms with Crippen molar-refractivity contribution >= 4 is 51.6 Å². The van der Waals surface area contributed by atoms with Gasteiger partial charge in [0.2, 0.25) is 0 Å². The van der Waals surface area contributed by atoms with Gasteiger partial charge >= 0.3 is 0 Å². The number of carbonyl (C=O) groups excluding carboxylic acids is 2. The Balaban J connectivity index is 1.68. The monoisotopic (exact) mass is 437 g/mol. The van der Waals surface area contributed by atoms with E-state index in [1.54, 1.807) is 42.5 Å². The van der Waals surface area contributed by atoms with E-state index in [1.165, 1.54) is 0 Å². The number of hydrogen-bond donors (Lipinski definition) is 1. The van der Waals surface area contributed by atoms with Gasteiger partial charge in [0.1, 0.15) is 11.3 Å². The van der Waals surface area contributed by atoms with Crippen molar-refractivity contribution in [3.05, 3.63) is 93.7 Å². The number of aromatic nitrogens is 2. The van der Waals surface area contributed by atoms with Crippen molar-refractivity contribution in [1.82, 2.24) is 9.55 Å². The highest BCUT2D eigenvalue weighted by Gasteiger charge is 2.18. The van der Waals surface area contributed by atoms with Crippen LogP contribution in [-0.4, -0.2) is 21.2 Å². The van der Waals surface area contributed by atoms with Crippen LogP contribution in [0.3, 0.4) is 0 Å². The molecule has 0 aliphatic rings. The Morgan fingerprint density at radius 1 is 0.933 bits per heavy atom. The average molecular weight is 438 g/mol. The van der Waals surface area contributed by atoms with Gasteiger partial charge in [-0.25, -0.2) is 4.98 Å². The van der Waals surface area contributed by atoms with E-state index in [9.17, 15) is 9.59 Å². The molecule has 0 saturated heterocycles. The summed E-state index contributed by atoms with van der Waals surface area (Å²) >= 11 is 12.3. The lowest BCUT2D eigenvalue weighted by atomic mass is 10.1. The average Bonchev–Trinajstić information content (AvgIpc) is 3.05. The van der Waals surface area contributed by atoms with Crippen LogP contribution in [-0.2, 0) is 6.54 Å². The molecule has 3 aromatic carbocycles. The minimum absolute atomic E-state index is 0.0183. The van der Waals surface area contributed by atoms with Gasteiger partial charge < -0.3 is 9.88 Å². The maximum atomic E-state index is 12.8. The van der Waals surface area contributed by atoms with Crippen LogP contribution in [0.4, 0.5) is 5.69 Å². The predicted octanol–water partition coefficient (Wildman–Crippen LogP) is 5.79. The number of amides is 1. The Morgan fingerprint density at radius 2 is 1.60 bits per heavy atom. The van der Waals surface area contributed by atoms with Gasteiger partial charge in [-0.1, -0.05) is 65.7 Å². The molecular formula is C23H17Cl2N3O2. The number of benzene rings is 3. The summed E-state index contributed by atoms with van der Waals surface area (Å²) in [5, 5.41) is 3.37. The third-order valence-electron chi connectivity index (χ3n) is 4.81. The molecule has 0 saturated carbocycles. The number of carbonyl (C=O) groups is 2. The first-order valence-electron chi connectivity index (χ1n) is 9.25. The van der Waals surface area contributed by atoms with Crippen LogP contribution in [0.25, 0.3) is 11.0 Å². The molecule has 1 N–H and O–H groups in total. The van der Waals surface area contributed by atoms with Crippen molar-refractivity contribution < 1.29 is 9.59 Å². The van der Waals surface area contributed by atoms with Crippen LogP contribution >= 0.6 is 23.2 Å². The van der Waals surface area contributed by atoms with Gasteiger partial charge in [0.05, 0.1) is 33.4 Å². The number of imidazole rings is 1. The quantitative estimate of drug-likeness (QED) is 0.402. The highest BCUT2D eigenvalue weighted by atomic mass is 35.5. The lowest BCUT2D eigenvalue weighted by Crippen LogP contribution is -2.13. The minimum atomic E-state index is -0.425. The number of rotatable bonds is 5. The van der Waals surface area contributed by atoms with Gasteiger partial charge in [-0.15, -0.1) is 0 Å². The van der Waals surface area contributed by atoms with E-state index < -0.39 is 5.91 Å². The van der Waals surface area contributed by atoms with Crippen molar-refractivity contribution in [3.63, 3.8) is 0 Å². The molecule has 0 spiro atoms. The van der Waals surface area contributed by atoms with Crippen LogP contribution in [0.2, 0.25) is 10.0 Å². The number of hydrogen-bond acceptors (Lipinski definition) is 3. The molecule has 0 atom stereocenters. The molecule has 0 unspecified atom stereocenters. The Bertz CT molecular complexity index is 1250. The van der Waals surface area contributed by atoms with E-state index in [1.807, 2.05) is 35.8 Å². The van der Waals surface area contributed by atoms with Crippen molar-refractivity contribution in [3.8, 4) is 0 Å². The number of nitrogens with one attached hydrogen (secondary N) is 1. The minimum Gasteiger partial charge on any atom is -0.320 e. The van der Waals surface area contributed by atoms with Gasteiger partial charge in [0.25, 0.3) is 5.91 Å². The molecule has 0 aliphatic carbocycles. The maximum absolute atomic E-state index is 12.8. The molecule has 4 aromatic rings. The Hall–Kier alpha value is -3.15. The fourth-order valence-corrected chi connectivity index (χ4v) is 3.89. The third-order valence-corrected chi connectivity index (χ3v) is 5.44. The maximum Gasteiger partial charge on any atom is 0.258 e. The van der Waals surface area contributed by atoms with E-state index >= 15 is 0 Å². The number of fused-ring (bicyclic) bond motifs is 1.